The fourth-order valence-electron chi connectivity index (χ4n) is 5.13. The van der Waals surface area contributed by atoms with Gasteiger partial charge in [0.1, 0.15) is 5.25 Å². The van der Waals surface area contributed by atoms with Gasteiger partial charge in [0.15, 0.2) is 0 Å². The van der Waals surface area contributed by atoms with Crippen molar-refractivity contribution < 1.29 is 22.8 Å². The summed E-state index contributed by atoms with van der Waals surface area (Å²) in [5.41, 5.74) is 0.389. The first-order chi connectivity index (χ1) is 19.0. The molecule has 1 aromatic heterocycles. The van der Waals surface area contributed by atoms with Crippen LogP contribution in [-0.2, 0) is 22.3 Å². The number of carbonyl (C=O) groups is 2. The lowest BCUT2D eigenvalue weighted by molar-refractivity contribution is -0.137. The van der Waals surface area contributed by atoms with Crippen LogP contribution in [0.1, 0.15) is 27.5 Å². The monoisotopic (exact) mass is 620 g/mol. The zero-order valence-electron chi connectivity index (χ0n) is 20.2. The summed E-state index contributed by atoms with van der Waals surface area (Å²) in [6, 6.07) is 18.0. The lowest BCUT2D eigenvalue weighted by atomic mass is 9.83. The van der Waals surface area contributed by atoms with E-state index in [1.54, 1.807) is 53.1 Å². The van der Waals surface area contributed by atoms with Crippen LogP contribution in [0.4, 0.5) is 18.9 Å². The van der Waals surface area contributed by atoms with E-state index in [-0.39, 0.29) is 17.1 Å². The van der Waals surface area contributed by atoms with Gasteiger partial charge in [-0.2, -0.15) is 13.2 Å². The average Bonchev–Trinajstić information content (AvgIpc) is 3.36. The molecule has 3 aromatic carbocycles. The standard InChI is InChI=1S/C28H17Cl2F3N2O3S2/c29-17-8-4-14(5-9-17)13-34-26-23(40-27(34)38)20(15-6-10-18(30)11-7-15)21-22(39-26)25(37)35(24(21)36)19-3-1-2-16(12-19)28(31,32)33/h1-12,20-22H,13H2/t20-,21+,22+/m1/s1. The van der Waals surface area contributed by atoms with Crippen molar-refractivity contribution in [1.29, 1.82) is 0 Å². The van der Waals surface area contributed by atoms with Crippen molar-refractivity contribution in [2.75, 3.05) is 4.90 Å². The number of thiazole rings is 1. The van der Waals surface area contributed by atoms with Crippen LogP contribution in [0.2, 0.25) is 10.0 Å². The highest BCUT2D eigenvalue weighted by atomic mass is 35.5. The number of amides is 2. The lowest BCUT2D eigenvalue weighted by Crippen LogP contribution is -2.32. The third-order valence-corrected chi connectivity index (χ3v) is 10.1. The number of hydrogen-bond acceptors (Lipinski definition) is 5. The van der Waals surface area contributed by atoms with Crippen molar-refractivity contribution in [2.45, 2.75) is 28.9 Å². The number of nitrogens with zero attached hydrogens (tertiary/aromatic N) is 2. The molecule has 3 heterocycles. The highest BCUT2D eigenvalue weighted by molar-refractivity contribution is 8.00. The zero-order chi connectivity index (χ0) is 28.3. The van der Waals surface area contributed by atoms with Gasteiger partial charge < -0.3 is 0 Å². The number of halogens is 5. The van der Waals surface area contributed by atoms with E-state index in [4.69, 9.17) is 23.2 Å². The molecular formula is C28H17Cl2F3N2O3S2. The minimum Gasteiger partial charge on any atom is -0.289 e. The number of rotatable bonds is 4. The fourth-order valence-corrected chi connectivity index (χ4v) is 8.16. The van der Waals surface area contributed by atoms with Gasteiger partial charge in [0.25, 0.3) is 0 Å². The predicted molar refractivity (Wildman–Crippen MR) is 149 cm³/mol. The van der Waals surface area contributed by atoms with Crippen molar-refractivity contribution >= 4 is 63.8 Å². The quantitative estimate of drug-likeness (QED) is 0.229. The average molecular weight is 621 g/mol. The van der Waals surface area contributed by atoms with Gasteiger partial charge in [-0.25, -0.2) is 4.90 Å². The Morgan fingerprint density at radius 1 is 0.850 bits per heavy atom. The Hall–Kier alpha value is -3.05. The molecule has 2 amide bonds. The van der Waals surface area contributed by atoms with Gasteiger partial charge in [0, 0.05) is 20.8 Å². The minimum absolute atomic E-state index is 0.142. The summed E-state index contributed by atoms with van der Waals surface area (Å²) in [5, 5.41) is 0.630. The molecule has 40 heavy (non-hydrogen) atoms. The lowest BCUT2D eigenvalue weighted by Gasteiger charge is -2.30. The van der Waals surface area contributed by atoms with E-state index in [0.717, 1.165) is 45.7 Å². The normalized spacial score (nSPS) is 20.5. The van der Waals surface area contributed by atoms with Crippen molar-refractivity contribution in [2.24, 2.45) is 5.92 Å². The number of carbonyl (C=O) groups excluding carboxylic acids is 2. The molecular weight excluding hydrogens is 604 g/mol. The first-order valence-corrected chi connectivity index (χ1v) is 14.4. The molecule has 0 spiro atoms. The van der Waals surface area contributed by atoms with E-state index < -0.39 is 40.6 Å². The molecule has 1 saturated heterocycles. The molecule has 5 nitrogen and oxygen atoms in total. The number of fused-ring (bicyclic) bond motifs is 2. The molecule has 0 aliphatic carbocycles. The molecule has 0 saturated carbocycles. The summed E-state index contributed by atoms with van der Waals surface area (Å²) >= 11 is 14.2. The molecule has 0 bridgehead atoms. The van der Waals surface area contributed by atoms with Crippen molar-refractivity contribution in [3.05, 3.63) is 114 Å². The molecule has 0 N–H and O–H groups in total. The van der Waals surface area contributed by atoms with Gasteiger partial charge >= 0.3 is 11.0 Å². The maximum Gasteiger partial charge on any atom is 0.416 e. The summed E-state index contributed by atoms with van der Waals surface area (Å²) in [7, 11) is 0. The zero-order valence-corrected chi connectivity index (χ0v) is 23.3. The van der Waals surface area contributed by atoms with Gasteiger partial charge in [-0.3, -0.25) is 19.0 Å². The van der Waals surface area contributed by atoms with E-state index in [0.29, 0.717) is 25.5 Å². The SMILES string of the molecule is O=C1[C@H]2[C@@H](c3ccc(Cl)cc3)c3sc(=O)n(Cc4ccc(Cl)cc4)c3S[C@@H]2C(=O)N1c1cccc(C(F)(F)F)c1. The molecule has 12 heteroatoms. The first kappa shape index (κ1) is 27.1. The number of aromatic nitrogens is 1. The molecule has 2 aliphatic heterocycles. The van der Waals surface area contributed by atoms with Crippen LogP contribution in [0.15, 0.2) is 82.6 Å². The van der Waals surface area contributed by atoms with Gasteiger partial charge in [0.05, 0.1) is 28.7 Å². The molecule has 0 unspecified atom stereocenters. The Kier molecular flexibility index (Phi) is 6.85. The number of hydrogen-bond donors (Lipinski definition) is 0. The second-order valence-corrected chi connectivity index (χ2v) is 12.4. The van der Waals surface area contributed by atoms with Crippen molar-refractivity contribution in [3.63, 3.8) is 0 Å². The number of anilines is 1. The van der Waals surface area contributed by atoms with Crippen LogP contribution in [0.25, 0.3) is 0 Å². The third kappa shape index (κ3) is 4.66. The van der Waals surface area contributed by atoms with Gasteiger partial charge in [-0.1, -0.05) is 76.6 Å². The summed E-state index contributed by atoms with van der Waals surface area (Å²) < 4.78 is 41.9. The smallest absolute Gasteiger partial charge is 0.289 e. The molecule has 2 aliphatic rings. The summed E-state index contributed by atoms with van der Waals surface area (Å²) in [6.45, 7) is 0.221. The molecule has 204 valence electrons. The highest BCUT2D eigenvalue weighted by Gasteiger charge is 2.57. The van der Waals surface area contributed by atoms with E-state index in [1.165, 1.54) is 12.1 Å². The van der Waals surface area contributed by atoms with Gasteiger partial charge in [-0.05, 0) is 53.6 Å². The predicted octanol–water partition coefficient (Wildman–Crippen LogP) is 7.08. The van der Waals surface area contributed by atoms with E-state index in [9.17, 15) is 27.6 Å². The van der Waals surface area contributed by atoms with E-state index in [1.807, 2.05) is 0 Å². The molecule has 6 rings (SSSR count). The Morgan fingerprint density at radius 3 is 2.15 bits per heavy atom. The van der Waals surface area contributed by atoms with Crippen LogP contribution in [0.5, 0.6) is 0 Å². The fraction of sp³-hybridized carbons (Fsp3) is 0.179. The second kappa shape index (κ2) is 10.1. The Balaban J connectivity index is 1.47. The minimum atomic E-state index is -4.64. The van der Waals surface area contributed by atoms with Crippen LogP contribution in [0.3, 0.4) is 0 Å². The largest absolute Gasteiger partial charge is 0.416 e. The highest BCUT2D eigenvalue weighted by Crippen LogP contribution is 2.54. The summed E-state index contributed by atoms with van der Waals surface area (Å²) in [5.74, 6) is -2.84. The number of alkyl halides is 3. The van der Waals surface area contributed by atoms with Gasteiger partial charge in [-0.15, -0.1) is 0 Å². The summed E-state index contributed by atoms with van der Waals surface area (Å²) in [6.07, 6.45) is -4.64. The molecule has 0 radical (unpaired) electrons. The van der Waals surface area contributed by atoms with Crippen LogP contribution in [0, 0.1) is 5.92 Å². The van der Waals surface area contributed by atoms with Crippen molar-refractivity contribution in [1.82, 2.24) is 4.57 Å². The maximum atomic E-state index is 13.9. The topological polar surface area (TPSA) is 59.4 Å². The molecule has 3 atom stereocenters. The van der Waals surface area contributed by atoms with Crippen molar-refractivity contribution in [3.8, 4) is 0 Å². The molecule has 4 aromatic rings. The number of thioether (sulfide) groups is 1. The molecule has 1 fully saturated rings. The van der Waals surface area contributed by atoms with Gasteiger partial charge in [0.2, 0.25) is 11.8 Å². The Morgan fingerprint density at radius 2 is 1.50 bits per heavy atom. The maximum absolute atomic E-state index is 13.9. The van der Waals surface area contributed by atoms with Crippen LogP contribution >= 0.6 is 46.3 Å². The van der Waals surface area contributed by atoms with E-state index in [2.05, 4.69) is 0 Å². The first-order valence-electron chi connectivity index (χ1n) is 12.0. The third-order valence-electron chi connectivity index (χ3n) is 6.96. The second-order valence-electron chi connectivity index (χ2n) is 9.40. The Labute approximate surface area is 244 Å². The summed E-state index contributed by atoms with van der Waals surface area (Å²) in [4.78, 5) is 42.1. The number of imide groups is 1. The van der Waals surface area contributed by atoms with Crippen LogP contribution < -0.4 is 9.77 Å². The number of benzene rings is 3. The Bertz CT molecular complexity index is 1700. The van der Waals surface area contributed by atoms with E-state index >= 15 is 0 Å². The van der Waals surface area contributed by atoms with Crippen LogP contribution in [-0.4, -0.2) is 21.6 Å².